The lowest BCUT2D eigenvalue weighted by Crippen LogP contribution is -2.47. The summed E-state index contributed by atoms with van der Waals surface area (Å²) >= 11 is 1.81. The Kier molecular flexibility index (Phi) is 4.35. The average molecular weight is 250 g/mol. The van der Waals surface area contributed by atoms with Gasteiger partial charge >= 0.3 is 0 Å². The van der Waals surface area contributed by atoms with Crippen molar-refractivity contribution in [2.24, 2.45) is 5.92 Å². The SMILES string of the molecule is CNC1CCN(c2cccc(SC)c2)CC1C. The van der Waals surface area contributed by atoms with Gasteiger partial charge in [0, 0.05) is 29.7 Å². The molecule has 2 rings (SSSR count). The molecule has 0 amide bonds. The first-order chi connectivity index (χ1) is 8.24. The van der Waals surface area contributed by atoms with Crippen LogP contribution >= 0.6 is 11.8 Å². The Bertz CT molecular complexity index is 367. The second-order valence-corrected chi connectivity index (χ2v) is 5.69. The van der Waals surface area contributed by atoms with E-state index < -0.39 is 0 Å². The normalized spacial score (nSPS) is 25.0. The lowest BCUT2D eigenvalue weighted by Gasteiger charge is -2.38. The summed E-state index contributed by atoms with van der Waals surface area (Å²) in [6.07, 6.45) is 3.37. The van der Waals surface area contributed by atoms with Crippen molar-refractivity contribution in [3.05, 3.63) is 24.3 Å². The van der Waals surface area contributed by atoms with Gasteiger partial charge in [0.05, 0.1) is 0 Å². The Labute approximate surface area is 109 Å². The summed E-state index contributed by atoms with van der Waals surface area (Å²) in [5, 5.41) is 3.42. The Morgan fingerprint density at radius 1 is 1.41 bits per heavy atom. The molecule has 1 fully saturated rings. The molecule has 0 bridgehead atoms. The second kappa shape index (κ2) is 5.78. The molecule has 1 saturated heterocycles. The topological polar surface area (TPSA) is 15.3 Å². The number of nitrogens with zero attached hydrogens (tertiary/aromatic N) is 1. The number of piperidine rings is 1. The van der Waals surface area contributed by atoms with Crippen molar-refractivity contribution in [1.29, 1.82) is 0 Å². The van der Waals surface area contributed by atoms with Crippen LogP contribution in [0.2, 0.25) is 0 Å². The zero-order chi connectivity index (χ0) is 12.3. The van der Waals surface area contributed by atoms with Gasteiger partial charge in [0.2, 0.25) is 0 Å². The molecule has 1 heterocycles. The van der Waals surface area contributed by atoms with Crippen LogP contribution < -0.4 is 10.2 Å². The highest BCUT2D eigenvalue weighted by Gasteiger charge is 2.24. The molecule has 2 unspecified atom stereocenters. The molecule has 1 aromatic rings. The molecular weight excluding hydrogens is 228 g/mol. The summed E-state index contributed by atoms with van der Waals surface area (Å²) in [4.78, 5) is 3.86. The van der Waals surface area contributed by atoms with Crippen LogP contribution in [0.25, 0.3) is 0 Å². The van der Waals surface area contributed by atoms with E-state index in [-0.39, 0.29) is 0 Å². The fourth-order valence-electron chi connectivity index (χ4n) is 2.62. The Hall–Kier alpha value is -0.670. The van der Waals surface area contributed by atoms with Crippen LogP contribution in [0.15, 0.2) is 29.2 Å². The number of benzene rings is 1. The molecule has 0 spiro atoms. The van der Waals surface area contributed by atoms with Crippen LogP contribution in [0.1, 0.15) is 13.3 Å². The Morgan fingerprint density at radius 3 is 2.88 bits per heavy atom. The van der Waals surface area contributed by atoms with Gasteiger partial charge in [-0.05, 0) is 43.8 Å². The fourth-order valence-corrected chi connectivity index (χ4v) is 3.07. The molecule has 94 valence electrons. The van der Waals surface area contributed by atoms with Crippen molar-refractivity contribution in [3.8, 4) is 0 Å². The fraction of sp³-hybridized carbons (Fsp3) is 0.571. The summed E-state index contributed by atoms with van der Waals surface area (Å²) < 4.78 is 0. The first-order valence-corrected chi connectivity index (χ1v) is 7.53. The third-order valence-electron chi connectivity index (χ3n) is 3.69. The van der Waals surface area contributed by atoms with Gasteiger partial charge in [-0.15, -0.1) is 11.8 Å². The van der Waals surface area contributed by atoms with Crippen molar-refractivity contribution >= 4 is 17.4 Å². The summed E-state index contributed by atoms with van der Waals surface area (Å²) in [6, 6.07) is 9.55. The van der Waals surface area contributed by atoms with Crippen molar-refractivity contribution in [2.75, 3.05) is 31.3 Å². The molecule has 2 nitrogen and oxygen atoms in total. The van der Waals surface area contributed by atoms with Crippen LogP contribution in [-0.2, 0) is 0 Å². The van der Waals surface area contributed by atoms with Gasteiger partial charge in [0.15, 0.2) is 0 Å². The average Bonchev–Trinajstić information content (AvgIpc) is 2.38. The van der Waals surface area contributed by atoms with Crippen LogP contribution in [0.3, 0.4) is 0 Å². The molecule has 0 aromatic heterocycles. The molecule has 1 aromatic carbocycles. The van der Waals surface area contributed by atoms with E-state index in [1.807, 2.05) is 11.8 Å². The molecule has 17 heavy (non-hydrogen) atoms. The largest absolute Gasteiger partial charge is 0.371 e. The number of rotatable bonds is 3. The minimum absolute atomic E-state index is 0.676. The number of hydrogen-bond donors (Lipinski definition) is 1. The Morgan fingerprint density at radius 2 is 2.24 bits per heavy atom. The maximum Gasteiger partial charge on any atom is 0.0377 e. The number of thioether (sulfide) groups is 1. The predicted molar refractivity (Wildman–Crippen MR) is 77.1 cm³/mol. The van der Waals surface area contributed by atoms with Crippen molar-refractivity contribution in [1.82, 2.24) is 5.32 Å². The third kappa shape index (κ3) is 2.96. The van der Waals surface area contributed by atoms with Crippen LogP contribution in [0.5, 0.6) is 0 Å². The minimum atomic E-state index is 0.676. The standard InChI is InChI=1S/C14H22N2S/c1-11-10-16(8-7-14(11)15-2)12-5-4-6-13(9-12)17-3/h4-6,9,11,14-15H,7-8,10H2,1-3H3. The summed E-state index contributed by atoms with van der Waals surface area (Å²) in [6.45, 7) is 4.66. The van der Waals surface area contributed by atoms with Crippen LogP contribution in [0, 0.1) is 5.92 Å². The van der Waals surface area contributed by atoms with E-state index in [4.69, 9.17) is 0 Å². The zero-order valence-electron chi connectivity index (χ0n) is 10.9. The number of nitrogens with one attached hydrogen (secondary N) is 1. The van der Waals surface area contributed by atoms with Gasteiger partial charge in [-0.3, -0.25) is 0 Å². The van der Waals surface area contributed by atoms with E-state index in [1.54, 1.807) is 0 Å². The maximum absolute atomic E-state index is 3.42. The molecule has 1 aliphatic heterocycles. The highest BCUT2D eigenvalue weighted by molar-refractivity contribution is 7.98. The van der Waals surface area contributed by atoms with Crippen LogP contribution in [-0.4, -0.2) is 32.4 Å². The lowest BCUT2D eigenvalue weighted by molar-refractivity contribution is 0.339. The number of anilines is 1. The van der Waals surface area contributed by atoms with E-state index in [2.05, 4.69) is 54.7 Å². The van der Waals surface area contributed by atoms with Crippen molar-refractivity contribution < 1.29 is 0 Å². The van der Waals surface area contributed by atoms with E-state index in [0.29, 0.717) is 12.0 Å². The molecule has 2 atom stereocenters. The number of hydrogen-bond acceptors (Lipinski definition) is 3. The van der Waals surface area contributed by atoms with Gasteiger partial charge in [0.25, 0.3) is 0 Å². The van der Waals surface area contributed by atoms with E-state index in [0.717, 1.165) is 13.1 Å². The van der Waals surface area contributed by atoms with Gasteiger partial charge in [-0.25, -0.2) is 0 Å². The highest BCUT2D eigenvalue weighted by atomic mass is 32.2. The van der Waals surface area contributed by atoms with Crippen molar-refractivity contribution in [2.45, 2.75) is 24.3 Å². The molecule has 1 aliphatic rings. The quantitative estimate of drug-likeness (QED) is 0.831. The van der Waals surface area contributed by atoms with Gasteiger partial charge < -0.3 is 10.2 Å². The van der Waals surface area contributed by atoms with E-state index in [9.17, 15) is 0 Å². The van der Waals surface area contributed by atoms with Gasteiger partial charge in [-0.1, -0.05) is 13.0 Å². The van der Waals surface area contributed by atoms with E-state index >= 15 is 0 Å². The zero-order valence-corrected chi connectivity index (χ0v) is 11.8. The molecule has 0 saturated carbocycles. The third-order valence-corrected chi connectivity index (χ3v) is 4.42. The molecule has 0 aliphatic carbocycles. The molecule has 1 N–H and O–H groups in total. The summed E-state index contributed by atoms with van der Waals surface area (Å²) in [7, 11) is 2.07. The summed E-state index contributed by atoms with van der Waals surface area (Å²) in [5.41, 5.74) is 1.37. The monoisotopic (exact) mass is 250 g/mol. The molecular formula is C14H22N2S. The first kappa shape index (κ1) is 12.8. The lowest BCUT2D eigenvalue weighted by atomic mass is 9.93. The maximum atomic E-state index is 3.42. The minimum Gasteiger partial charge on any atom is -0.371 e. The summed E-state index contributed by atoms with van der Waals surface area (Å²) in [5.74, 6) is 0.715. The van der Waals surface area contributed by atoms with E-state index in [1.165, 1.54) is 17.0 Å². The van der Waals surface area contributed by atoms with Crippen LogP contribution in [0.4, 0.5) is 5.69 Å². The highest BCUT2D eigenvalue weighted by Crippen LogP contribution is 2.26. The second-order valence-electron chi connectivity index (χ2n) is 4.81. The predicted octanol–water partition coefficient (Wildman–Crippen LogP) is 2.84. The first-order valence-electron chi connectivity index (χ1n) is 6.31. The van der Waals surface area contributed by atoms with Gasteiger partial charge in [-0.2, -0.15) is 0 Å². The Balaban J connectivity index is 2.08. The molecule has 0 radical (unpaired) electrons. The smallest absolute Gasteiger partial charge is 0.0377 e. The molecule has 3 heteroatoms. The van der Waals surface area contributed by atoms with Gasteiger partial charge in [0.1, 0.15) is 0 Å². The van der Waals surface area contributed by atoms with Crippen molar-refractivity contribution in [3.63, 3.8) is 0 Å².